The standard InChI is InChI=1S/C33H31Cl4N3O4S/c1-22(2)38-33(42)31(17-23-9-5-3-6-10-23)39(20-24-13-14-25(34)18-29(24)37)32(41)21-40(30-19-26(35)15-16-28(30)36)45(43,44)27-11-7-4-8-12-27/h3-16,18-19,22,31H,17,20-21H2,1-2H3,(H,38,42)/t31-/m0/s1. The lowest BCUT2D eigenvalue weighted by Gasteiger charge is -2.34. The van der Waals surface area contributed by atoms with Gasteiger partial charge in [0.15, 0.2) is 0 Å². The summed E-state index contributed by atoms with van der Waals surface area (Å²) in [7, 11) is -4.33. The van der Waals surface area contributed by atoms with E-state index < -0.39 is 34.4 Å². The topological polar surface area (TPSA) is 86.8 Å². The van der Waals surface area contributed by atoms with Crippen LogP contribution in [0.15, 0.2) is 102 Å². The van der Waals surface area contributed by atoms with Gasteiger partial charge in [0, 0.05) is 34.1 Å². The van der Waals surface area contributed by atoms with Crippen LogP contribution in [-0.2, 0) is 32.6 Å². The number of amides is 2. The number of carbonyl (C=O) groups excluding carboxylic acids is 2. The molecule has 0 heterocycles. The first-order chi connectivity index (χ1) is 21.4. The fourth-order valence-corrected chi connectivity index (χ4v) is 7.03. The average Bonchev–Trinajstić information content (AvgIpc) is 3.00. The Morgan fingerprint density at radius 2 is 1.38 bits per heavy atom. The Labute approximate surface area is 283 Å². The zero-order valence-corrected chi connectivity index (χ0v) is 28.3. The van der Waals surface area contributed by atoms with Gasteiger partial charge in [0.05, 0.1) is 15.6 Å². The molecule has 4 aromatic rings. The van der Waals surface area contributed by atoms with E-state index in [0.29, 0.717) is 10.6 Å². The number of hydrogen-bond donors (Lipinski definition) is 1. The molecule has 0 spiro atoms. The van der Waals surface area contributed by atoms with E-state index in [9.17, 15) is 18.0 Å². The molecule has 0 saturated heterocycles. The third kappa shape index (κ3) is 8.93. The zero-order chi connectivity index (χ0) is 32.7. The molecule has 0 aliphatic heterocycles. The van der Waals surface area contributed by atoms with Gasteiger partial charge in [-0.25, -0.2) is 8.42 Å². The fourth-order valence-electron chi connectivity index (χ4n) is 4.68. The summed E-state index contributed by atoms with van der Waals surface area (Å²) in [5.41, 5.74) is 1.33. The van der Waals surface area contributed by atoms with Gasteiger partial charge in [0.2, 0.25) is 11.8 Å². The first-order valence-electron chi connectivity index (χ1n) is 14.0. The van der Waals surface area contributed by atoms with Gasteiger partial charge in [-0.05, 0) is 67.4 Å². The molecule has 7 nitrogen and oxygen atoms in total. The van der Waals surface area contributed by atoms with Crippen molar-refractivity contribution in [2.45, 2.75) is 43.8 Å². The molecule has 0 aliphatic rings. The summed E-state index contributed by atoms with van der Waals surface area (Å²) in [6, 6.07) is 24.8. The smallest absolute Gasteiger partial charge is 0.264 e. The number of hydrogen-bond acceptors (Lipinski definition) is 4. The number of nitrogens with zero attached hydrogens (tertiary/aromatic N) is 2. The Morgan fingerprint density at radius 3 is 2.00 bits per heavy atom. The van der Waals surface area contributed by atoms with Crippen molar-refractivity contribution in [1.29, 1.82) is 0 Å². The van der Waals surface area contributed by atoms with E-state index in [1.807, 2.05) is 44.2 Å². The molecule has 0 aliphatic carbocycles. The van der Waals surface area contributed by atoms with Gasteiger partial charge in [-0.2, -0.15) is 0 Å². The van der Waals surface area contributed by atoms with E-state index in [1.54, 1.807) is 36.4 Å². The average molecular weight is 708 g/mol. The Hall–Kier alpha value is -3.27. The molecule has 0 bridgehead atoms. The maximum atomic E-state index is 14.5. The van der Waals surface area contributed by atoms with E-state index in [2.05, 4.69) is 5.32 Å². The van der Waals surface area contributed by atoms with E-state index in [0.717, 1.165) is 9.87 Å². The molecule has 4 rings (SSSR count). The van der Waals surface area contributed by atoms with Crippen molar-refractivity contribution in [2.24, 2.45) is 0 Å². The van der Waals surface area contributed by atoms with Gasteiger partial charge >= 0.3 is 0 Å². The van der Waals surface area contributed by atoms with Crippen LogP contribution in [0, 0.1) is 0 Å². The second-order valence-corrected chi connectivity index (χ2v) is 14.1. The van der Waals surface area contributed by atoms with Crippen LogP contribution in [-0.4, -0.2) is 43.8 Å². The Morgan fingerprint density at radius 1 is 0.778 bits per heavy atom. The maximum Gasteiger partial charge on any atom is 0.264 e. The molecule has 4 aromatic carbocycles. The molecule has 2 amide bonds. The number of rotatable bonds is 12. The summed E-state index contributed by atoms with van der Waals surface area (Å²) in [4.78, 5) is 29.6. The van der Waals surface area contributed by atoms with Crippen molar-refractivity contribution >= 4 is 73.9 Å². The molecule has 12 heteroatoms. The second-order valence-electron chi connectivity index (χ2n) is 10.5. The van der Waals surface area contributed by atoms with Crippen LogP contribution in [0.2, 0.25) is 20.1 Å². The number of sulfonamides is 1. The molecule has 0 aromatic heterocycles. The molecule has 0 radical (unpaired) electrons. The molecule has 0 fully saturated rings. The van der Waals surface area contributed by atoms with Crippen LogP contribution in [0.3, 0.4) is 0 Å². The Bertz CT molecular complexity index is 1760. The van der Waals surface area contributed by atoms with Gasteiger partial charge in [0.25, 0.3) is 10.0 Å². The lowest BCUT2D eigenvalue weighted by atomic mass is 10.0. The summed E-state index contributed by atoms with van der Waals surface area (Å²) in [6.45, 7) is 2.83. The third-order valence-electron chi connectivity index (χ3n) is 6.84. The molecule has 236 valence electrons. The van der Waals surface area contributed by atoms with Gasteiger partial charge in [-0.15, -0.1) is 0 Å². The zero-order valence-electron chi connectivity index (χ0n) is 24.5. The van der Waals surface area contributed by atoms with Crippen LogP contribution in [0.1, 0.15) is 25.0 Å². The molecular formula is C33H31Cl4N3O4S. The highest BCUT2D eigenvalue weighted by molar-refractivity contribution is 7.92. The fraction of sp³-hybridized carbons (Fsp3) is 0.212. The van der Waals surface area contributed by atoms with E-state index >= 15 is 0 Å². The van der Waals surface area contributed by atoms with E-state index in [1.165, 1.54) is 35.2 Å². The lowest BCUT2D eigenvalue weighted by molar-refractivity contribution is -0.140. The highest BCUT2D eigenvalue weighted by Crippen LogP contribution is 2.33. The number of nitrogens with one attached hydrogen (secondary N) is 1. The Balaban J connectivity index is 1.85. The minimum atomic E-state index is -4.33. The molecule has 1 atom stereocenters. The van der Waals surface area contributed by atoms with Crippen molar-refractivity contribution in [3.8, 4) is 0 Å². The highest BCUT2D eigenvalue weighted by Gasteiger charge is 2.35. The number of anilines is 1. The van der Waals surface area contributed by atoms with Crippen molar-refractivity contribution in [2.75, 3.05) is 10.8 Å². The SMILES string of the molecule is CC(C)NC(=O)[C@H](Cc1ccccc1)N(Cc1ccc(Cl)cc1Cl)C(=O)CN(c1cc(Cl)ccc1Cl)S(=O)(=O)c1ccccc1. The first kappa shape index (κ1) is 34.6. The summed E-state index contributed by atoms with van der Waals surface area (Å²) in [5.74, 6) is -1.08. The van der Waals surface area contributed by atoms with Crippen molar-refractivity contribution in [3.05, 3.63) is 128 Å². The predicted molar refractivity (Wildman–Crippen MR) is 182 cm³/mol. The second kappa shape index (κ2) is 15.3. The van der Waals surface area contributed by atoms with Crippen molar-refractivity contribution < 1.29 is 18.0 Å². The summed E-state index contributed by atoms with van der Waals surface area (Å²) >= 11 is 25.5. The largest absolute Gasteiger partial charge is 0.352 e. The van der Waals surface area contributed by atoms with Gasteiger partial charge in [0.1, 0.15) is 12.6 Å². The Kier molecular flexibility index (Phi) is 11.8. The number of halogens is 4. The van der Waals surface area contributed by atoms with Gasteiger partial charge < -0.3 is 10.2 Å². The number of benzene rings is 4. The van der Waals surface area contributed by atoms with E-state index in [-0.39, 0.29) is 44.7 Å². The predicted octanol–water partition coefficient (Wildman–Crippen LogP) is 7.66. The van der Waals surface area contributed by atoms with Crippen molar-refractivity contribution in [1.82, 2.24) is 10.2 Å². The molecule has 45 heavy (non-hydrogen) atoms. The van der Waals surface area contributed by atoms with Crippen LogP contribution in [0.5, 0.6) is 0 Å². The molecular weight excluding hydrogens is 676 g/mol. The van der Waals surface area contributed by atoms with E-state index in [4.69, 9.17) is 46.4 Å². The third-order valence-corrected chi connectivity index (χ3v) is 9.76. The minimum absolute atomic E-state index is 0.0112. The van der Waals surface area contributed by atoms with Crippen LogP contribution in [0.4, 0.5) is 5.69 Å². The molecule has 0 saturated carbocycles. The molecule has 1 N–H and O–H groups in total. The van der Waals surface area contributed by atoms with Crippen LogP contribution < -0.4 is 9.62 Å². The first-order valence-corrected chi connectivity index (χ1v) is 16.9. The van der Waals surface area contributed by atoms with Crippen molar-refractivity contribution in [3.63, 3.8) is 0 Å². The number of carbonyl (C=O) groups is 2. The van der Waals surface area contributed by atoms with Gasteiger partial charge in [-0.1, -0.05) is 101 Å². The highest BCUT2D eigenvalue weighted by atomic mass is 35.5. The summed E-state index contributed by atoms with van der Waals surface area (Å²) < 4.78 is 29.1. The van der Waals surface area contributed by atoms with Crippen LogP contribution >= 0.6 is 46.4 Å². The normalized spacial score (nSPS) is 12.1. The van der Waals surface area contributed by atoms with Gasteiger partial charge in [-0.3, -0.25) is 13.9 Å². The molecule has 0 unspecified atom stereocenters. The lowest BCUT2D eigenvalue weighted by Crippen LogP contribution is -2.54. The summed E-state index contributed by atoms with van der Waals surface area (Å²) in [6.07, 6.45) is 0.152. The summed E-state index contributed by atoms with van der Waals surface area (Å²) in [5, 5.41) is 3.88. The quantitative estimate of drug-likeness (QED) is 0.164. The monoisotopic (exact) mass is 705 g/mol. The maximum absolute atomic E-state index is 14.5. The minimum Gasteiger partial charge on any atom is -0.352 e. The van der Waals surface area contributed by atoms with Crippen LogP contribution in [0.25, 0.3) is 0 Å².